The topological polar surface area (TPSA) is 150 Å². The van der Waals surface area contributed by atoms with E-state index in [9.17, 15) is 9.59 Å². The standard InChI is InChI=1S/C13H17ClN6O.C8H14N4.C5H4BrClN2O.CH4/c1-3-19-4-5-20-9(8-19)6-12(17-20)15-10-7-11(14)16-18(2)13(10)21;1-2-11-3-4-12-7(6-11)5-8(9)10-12;1-9-5(10)3(6)2-4(7)8-9;/h6-7H,3-5,8H2,1-2H3,(H,15,17);5H,2-4,6H2,1H3,(H2,9,10);2H,1H3;1H4. The maximum absolute atomic E-state index is 12.0. The van der Waals surface area contributed by atoms with Crippen LogP contribution in [0.2, 0.25) is 10.3 Å². The Bertz CT molecular complexity index is 1660. The Kier molecular flexibility index (Phi) is 12.5. The highest BCUT2D eigenvalue weighted by atomic mass is 79.9. The summed E-state index contributed by atoms with van der Waals surface area (Å²) in [5.74, 6) is 1.30. The van der Waals surface area contributed by atoms with Gasteiger partial charge in [-0.25, -0.2) is 9.36 Å². The molecule has 6 heterocycles. The number of nitrogens with zero attached hydrogens (tertiary/aromatic N) is 10. The van der Waals surface area contributed by atoms with Crippen molar-refractivity contribution in [3.05, 3.63) is 71.1 Å². The molecule has 0 saturated heterocycles. The molecule has 0 saturated carbocycles. The Morgan fingerprint density at radius 2 is 1.32 bits per heavy atom. The van der Waals surface area contributed by atoms with Gasteiger partial charge >= 0.3 is 0 Å². The molecule has 0 amide bonds. The first-order valence-corrected chi connectivity index (χ1v) is 15.3. The second-order valence-electron chi connectivity index (χ2n) is 9.94. The lowest BCUT2D eigenvalue weighted by Gasteiger charge is -2.25. The molecule has 0 aromatic carbocycles. The molecule has 44 heavy (non-hydrogen) atoms. The fourth-order valence-electron chi connectivity index (χ4n) is 4.60. The van der Waals surface area contributed by atoms with Crippen molar-refractivity contribution >= 4 is 56.5 Å². The Morgan fingerprint density at radius 1 is 0.795 bits per heavy atom. The minimum atomic E-state index is -0.236. The quantitative estimate of drug-likeness (QED) is 0.323. The van der Waals surface area contributed by atoms with Gasteiger partial charge in [-0.15, -0.1) is 0 Å². The molecule has 14 nitrogen and oxygen atoms in total. The predicted molar refractivity (Wildman–Crippen MR) is 177 cm³/mol. The van der Waals surface area contributed by atoms with Gasteiger partial charge < -0.3 is 11.1 Å². The zero-order valence-electron chi connectivity index (χ0n) is 24.5. The molecule has 4 aromatic rings. The highest BCUT2D eigenvalue weighted by molar-refractivity contribution is 9.10. The van der Waals surface area contributed by atoms with Gasteiger partial charge in [-0.3, -0.25) is 28.8 Å². The number of aromatic nitrogens is 8. The Balaban J connectivity index is 0.000000196. The molecule has 4 aromatic heterocycles. The van der Waals surface area contributed by atoms with Crippen LogP contribution in [0.3, 0.4) is 0 Å². The molecule has 17 heteroatoms. The molecule has 240 valence electrons. The number of hydrogen-bond donors (Lipinski definition) is 2. The van der Waals surface area contributed by atoms with Crippen molar-refractivity contribution in [2.24, 2.45) is 14.1 Å². The van der Waals surface area contributed by atoms with Crippen molar-refractivity contribution in [1.29, 1.82) is 0 Å². The van der Waals surface area contributed by atoms with E-state index in [0.717, 1.165) is 58.1 Å². The monoisotopic (exact) mass is 712 g/mol. The maximum atomic E-state index is 12.0. The van der Waals surface area contributed by atoms with Gasteiger partial charge in [-0.2, -0.15) is 20.4 Å². The summed E-state index contributed by atoms with van der Waals surface area (Å²) in [6.45, 7) is 12.2. The third-order valence-corrected chi connectivity index (χ3v) is 7.89. The number of halogens is 3. The van der Waals surface area contributed by atoms with E-state index < -0.39 is 0 Å². The minimum absolute atomic E-state index is 0. The number of likely N-dealkylation sites (N-methyl/N-ethyl adjacent to an activating group) is 2. The molecule has 6 rings (SSSR count). The van der Waals surface area contributed by atoms with Crippen molar-refractivity contribution in [2.75, 3.05) is 37.2 Å². The fourth-order valence-corrected chi connectivity index (χ4v) is 5.65. The van der Waals surface area contributed by atoms with Crippen LogP contribution in [0.25, 0.3) is 0 Å². The van der Waals surface area contributed by atoms with Crippen LogP contribution in [0.15, 0.2) is 38.3 Å². The van der Waals surface area contributed by atoms with Gasteiger partial charge in [0, 0.05) is 58.5 Å². The molecule has 0 unspecified atom stereocenters. The number of fused-ring (bicyclic) bond motifs is 2. The minimum Gasteiger partial charge on any atom is -0.382 e. The Labute approximate surface area is 274 Å². The van der Waals surface area contributed by atoms with Crippen molar-refractivity contribution in [2.45, 2.75) is 47.5 Å². The second-order valence-corrected chi connectivity index (χ2v) is 11.6. The van der Waals surface area contributed by atoms with Gasteiger partial charge in [-0.1, -0.05) is 44.5 Å². The molecular weight excluding hydrogens is 675 g/mol. The van der Waals surface area contributed by atoms with E-state index in [1.54, 1.807) is 14.1 Å². The summed E-state index contributed by atoms with van der Waals surface area (Å²) in [7, 11) is 3.11. The van der Waals surface area contributed by atoms with Gasteiger partial charge in [0.2, 0.25) is 0 Å². The zero-order chi connectivity index (χ0) is 31.3. The smallest absolute Gasteiger partial charge is 0.290 e. The van der Waals surface area contributed by atoms with Gasteiger partial charge in [0.05, 0.1) is 29.0 Å². The van der Waals surface area contributed by atoms with Crippen LogP contribution in [-0.4, -0.2) is 75.1 Å². The van der Waals surface area contributed by atoms with Crippen molar-refractivity contribution in [3.63, 3.8) is 0 Å². The fraction of sp³-hybridized carbons (Fsp3) is 0.481. The molecule has 0 fully saturated rings. The van der Waals surface area contributed by atoms with Crippen LogP contribution < -0.4 is 22.2 Å². The van der Waals surface area contributed by atoms with E-state index in [-0.39, 0.29) is 23.7 Å². The van der Waals surface area contributed by atoms with Crippen LogP contribution in [-0.2, 0) is 40.3 Å². The lowest BCUT2D eigenvalue weighted by atomic mass is 10.3. The van der Waals surface area contributed by atoms with E-state index in [1.807, 2.05) is 21.5 Å². The number of anilines is 3. The first-order valence-electron chi connectivity index (χ1n) is 13.7. The average Bonchev–Trinajstić information content (AvgIpc) is 3.55. The van der Waals surface area contributed by atoms with Gasteiger partial charge in [-0.05, 0) is 35.1 Å². The lowest BCUT2D eigenvalue weighted by Crippen LogP contribution is -2.33. The Morgan fingerprint density at radius 3 is 1.89 bits per heavy atom. The third-order valence-electron chi connectivity index (χ3n) is 6.95. The normalized spacial score (nSPS) is 14.2. The largest absolute Gasteiger partial charge is 0.382 e. The van der Waals surface area contributed by atoms with Crippen molar-refractivity contribution in [3.8, 4) is 0 Å². The van der Waals surface area contributed by atoms with Crippen molar-refractivity contribution in [1.82, 2.24) is 48.9 Å². The number of nitrogens with one attached hydrogen (secondary N) is 1. The van der Waals surface area contributed by atoms with Gasteiger partial charge in [0.15, 0.2) is 16.1 Å². The maximum Gasteiger partial charge on any atom is 0.290 e. The lowest BCUT2D eigenvalue weighted by molar-refractivity contribution is 0.224. The third kappa shape index (κ3) is 8.91. The van der Waals surface area contributed by atoms with Crippen LogP contribution in [0.4, 0.5) is 17.3 Å². The summed E-state index contributed by atoms with van der Waals surface area (Å²) in [6, 6.07) is 6.90. The molecule has 0 radical (unpaired) electrons. The summed E-state index contributed by atoms with van der Waals surface area (Å²) in [5, 5.41) is 19.8. The number of rotatable bonds is 4. The van der Waals surface area contributed by atoms with Crippen LogP contribution in [0, 0.1) is 0 Å². The zero-order valence-corrected chi connectivity index (χ0v) is 27.6. The summed E-state index contributed by atoms with van der Waals surface area (Å²) in [6.07, 6.45) is 0. The summed E-state index contributed by atoms with van der Waals surface area (Å²) in [5.41, 5.74) is 7.92. The number of nitrogen functional groups attached to an aromatic ring is 1. The molecule has 0 atom stereocenters. The first-order chi connectivity index (χ1) is 20.5. The molecule has 2 aliphatic rings. The number of nitrogens with two attached hydrogens (primary N) is 1. The Hall–Kier alpha value is -3.24. The van der Waals surface area contributed by atoms with E-state index >= 15 is 0 Å². The molecule has 0 bridgehead atoms. The summed E-state index contributed by atoms with van der Waals surface area (Å²) < 4.78 is 6.78. The first kappa shape index (κ1) is 35.2. The van der Waals surface area contributed by atoms with Crippen LogP contribution in [0.5, 0.6) is 0 Å². The highest BCUT2D eigenvalue weighted by Crippen LogP contribution is 2.19. The van der Waals surface area contributed by atoms with Gasteiger partial charge in [0.25, 0.3) is 11.1 Å². The number of aryl methyl sites for hydroxylation is 2. The van der Waals surface area contributed by atoms with Crippen LogP contribution >= 0.6 is 39.1 Å². The summed E-state index contributed by atoms with van der Waals surface area (Å²) >= 11 is 14.4. The van der Waals surface area contributed by atoms with Gasteiger partial charge in [0.1, 0.15) is 11.5 Å². The molecule has 3 N–H and O–H groups in total. The van der Waals surface area contributed by atoms with E-state index in [4.69, 9.17) is 28.9 Å². The highest BCUT2D eigenvalue weighted by Gasteiger charge is 2.18. The molecule has 0 aliphatic carbocycles. The van der Waals surface area contributed by atoms with Crippen molar-refractivity contribution < 1.29 is 0 Å². The SMILES string of the molecule is C.CCN1CCn2nc(N)cc2C1.CCN1CCn2nc(Nc3cc(Cl)nn(C)c3=O)cc2C1.Cn1nc(Cl)cc(Br)c1=O. The number of hydrogen-bond acceptors (Lipinski definition) is 10. The summed E-state index contributed by atoms with van der Waals surface area (Å²) in [4.78, 5) is 27.7. The second kappa shape index (κ2) is 15.7. The van der Waals surface area contributed by atoms with E-state index in [1.165, 1.54) is 27.2 Å². The average molecular weight is 715 g/mol. The molecule has 2 aliphatic heterocycles. The van der Waals surface area contributed by atoms with E-state index in [0.29, 0.717) is 26.9 Å². The predicted octanol–water partition coefficient (Wildman–Crippen LogP) is 3.34. The van der Waals surface area contributed by atoms with Crippen LogP contribution in [0.1, 0.15) is 32.7 Å². The molecule has 0 spiro atoms. The molecular formula is C27H39BrCl2N12O2. The van der Waals surface area contributed by atoms with E-state index in [2.05, 4.69) is 65.3 Å².